The number of carbonyl (C=O) groups excluding carboxylic acids is 1. The SMILES string of the molecule is Cc1c(OCC(=O)Nc2cccc(Br)c2)c(=O)ccn1CCO. The molecule has 2 aromatic rings. The molecule has 0 aliphatic heterocycles. The van der Waals surface area contributed by atoms with Crippen molar-refractivity contribution in [3.63, 3.8) is 0 Å². The van der Waals surface area contributed by atoms with Gasteiger partial charge in [-0.05, 0) is 25.1 Å². The summed E-state index contributed by atoms with van der Waals surface area (Å²) >= 11 is 3.32. The summed E-state index contributed by atoms with van der Waals surface area (Å²) in [5, 5.41) is 11.7. The van der Waals surface area contributed by atoms with Gasteiger partial charge in [0.25, 0.3) is 5.91 Å². The number of aromatic nitrogens is 1. The predicted octanol–water partition coefficient (Wildman–Crippen LogP) is 1.93. The quantitative estimate of drug-likeness (QED) is 0.802. The van der Waals surface area contributed by atoms with Crippen LogP contribution in [0.4, 0.5) is 5.69 Å². The van der Waals surface area contributed by atoms with Crippen molar-refractivity contribution in [3.05, 3.63) is 56.9 Å². The van der Waals surface area contributed by atoms with Gasteiger partial charge in [-0.1, -0.05) is 22.0 Å². The fourth-order valence-corrected chi connectivity index (χ4v) is 2.48. The topological polar surface area (TPSA) is 80.6 Å². The van der Waals surface area contributed by atoms with Crippen LogP contribution < -0.4 is 15.5 Å². The molecule has 0 fully saturated rings. The molecular formula is C16H17BrN2O4. The molecule has 7 heteroatoms. The van der Waals surface area contributed by atoms with Crippen LogP contribution in [0.15, 0.2) is 45.8 Å². The average Bonchev–Trinajstić information content (AvgIpc) is 2.50. The van der Waals surface area contributed by atoms with Crippen LogP contribution in [-0.4, -0.2) is 28.8 Å². The first kappa shape index (κ1) is 17.2. The Morgan fingerprint density at radius 1 is 1.39 bits per heavy atom. The molecule has 1 aromatic carbocycles. The molecule has 0 saturated heterocycles. The minimum Gasteiger partial charge on any atom is -0.478 e. The Hall–Kier alpha value is -2.12. The summed E-state index contributed by atoms with van der Waals surface area (Å²) in [6, 6.07) is 8.52. The number of benzene rings is 1. The van der Waals surface area contributed by atoms with Crippen LogP contribution in [0.1, 0.15) is 5.69 Å². The Morgan fingerprint density at radius 2 is 2.17 bits per heavy atom. The van der Waals surface area contributed by atoms with Crippen molar-refractivity contribution in [2.75, 3.05) is 18.5 Å². The molecule has 0 aliphatic carbocycles. The van der Waals surface area contributed by atoms with Gasteiger partial charge in [0.1, 0.15) is 0 Å². The van der Waals surface area contributed by atoms with E-state index in [4.69, 9.17) is 9.84 Å². The predicted molar refractivity (Wildman–Crippen MR) is 90.8 cm³/mol. The highest BCUT2D eigenvalue weighted by atomic mass is 79.9. The van der Waals surface area contributed by atoms with Crippen molar-refractivity contribution in [2.24, 2.45) is 0 Å². The molecule has 0 atom stereocenters. The second-order valence-electron chi connectivity index (χ2n) is 4.86. The molecule has 2 rings (SSSR count). The zero-order valence-corrected chi connectivity index (χ0v) is 14.2. The molecule has 0 unspecified atom stereocenters. The van der Waals surface area contributed by atoms with E-state index in [1.54, 1.807) is 35.9 Å². The van der Waals surface area contributed by atoms with E-state index in [1.807, 2.05) is 6.07 Å². The average molecular weight is 381 g/mol. The molecule has 1 aromatic heterocycles. The van der Waals surface area contributed by atoms with E-state index < -0.39 is 0 Å². The number of hydrogen-bond donors (Lipinski definition) is 2. The van der Waals surface area contributed by atoms with E-state index in [1.165, 1.54) is 6.07 Å². The maximum absolute atomic E-state index is 11.9. The van der Waals surface area contributed by atoms with Gasteiger partial charge in [0.05, 0.1) is 12.3 Å². The van der Waals surface area contributed by atoms with Gasteiger partial charge in [-0.2, -0.15) is 0 Å². The molecule has 0 radical (unpaired) electrons. The second-order valence-corrected chi connectivity index (χ2v) is 5.77. The molecule has 1 heterocycles. The highest BCUT2D eigenvalue weighted by Gasteiger charge is 2.11. The minimum atomic E-state index is -0.362. The fourth-order valence-electron chi connectivity index (χ4n) is 2.08. The highest BCUT2D eigenvalue weighted by molar-refractivity contribution is 9.10. The third-order valence-electron chi connectivity index (χ3n) is 3.19. The molecule has 23 heavy (non-hydrogen) atoms. The second kappa shape index (κ2) is 7.94. The molecule has 6 nitrogen and oxygen atoms in total. The number of ether oxygens (including phenoxy) is 1. The molecule has 2 N–H and O–H groups in total. The van der Waals surface area contributed by atoms with E-state index in [0.717, 1.165) is 4.47 Å². The number of carbonyl (C=O) groups is 1. The van der Waals surface area contributed by atoms with Gasteiger partial charge in [-0.3, -0.25) is 9.59 Å². The van der Waals surface area contributed by atoms with Crippen molar-refractivity contribution in [3.8, 4) is 5.75 Å². The van der Waals surface area contributed by atoms with E-state index in [0.29, 0.717) is 17.9 Å². The first-order valence-corrected chi connectivity index (χ1v) is 7.79. The summed E-state index contributed by atoms with van der Waals surface area (Å²) in [7, 11) is 0. The van der Waals surface area contributed by atoms with Crippen LogP contribution in [0, 0.1) is 6.92 Å². The van der Waals surface area contributed by atoms with Gasteiger partial charge in [0, 0.05) is 29.0 Å². The molecule has 0 bridgehead atoms. The van der Waals surface area contributed by atoms with E-state index in [9.17, 15) is 9.59 Å². The lowest BCUT2D eigenvalue weighted by Crippen LogP contribution is -2.24. The lowest BCUT2D eigenvalue weighted by Gasteiger charge is -2.14. The summed E-state index contributed by atoms with van der Waals surface area (Å²) in [6.07, 6.45) is 1.59. The zero-order valence-electron chi connectivity index (χ0n) is 12.6. The monoisotopic (exact) mass is 380 g/mol. The lowest BCUT2D eigenvalue weighted by atomic mass is 10.3. The number of rotatable bonds is 6. The van der Waals surface area contributed by atoms with Crippen LogP contribution in [0.3, 0.4) is 0 Å². The lowest BCUT2D eigenvalue weighted by molar-refractivity contribution is -0.118. The fraction of sp³-hybridized carbons (Fsp3) is 0.250. The van der Waals surface area contributed by atoms with Gasteiger partial charge < -0.3 is 19.7 Å². The van der Waals surface area contributed by atoms with Crippen LogP contribution in [-0.2, 0) is 11.3 Å². The normalized spacial score (nSPS) is 10.4. The summed E-state index contributed by atoms with van der Waals surface area (Å²) in [6.45, 7) is 1.74. The Kier molecular flexibility index (Phi) is 5.95. The molecule has 0 saturated carbocycles. The van der Waals surface area contributed by atoms with Crippen LogP contribution in [0.2, 0.25) is 0 Å². The summed E-state index contributed by atoms with van der Waals surface area (Å²) in [4.78, 5) is 23.8. The van der Waals surface area contributed by atoms with Gasteiger partial charge in [-0.25, -0.2) is 0 Å². The summed E-state index contributed by atoms with van der Waals surface area (Å²) < 4.78 is 7.93. The number of aliphatic hydroxyl groups excluding tert-OH is 1. The molecular weight excluding hydrogens is 364 g/mol. The highest BCUT2D eigenvalue weighted by Crippen LogP contribution is 2.16. The Bertz CT molecular complexity index is 758. The number of pyridine rings is 1. The van der Waals surface area contributed by atoms with Crippen LogP contribution in [0.5, 0.6) is 5.75 Å². The van der Waals surface area contributed by atoms with Crippen molar-refractivity contribution in [1.29, 1.82) is 0 Å². The van der Waals surface area contributed by atoms with Gasteiger partial charge in [-0.15, -0.1) is 0 Å². The number of amides is 1. The van der Waals surface area contributed by atoms with E-state index in [-0.39, 0.29) is 30.3 Å². The van der Waals surface area contributed by atoms with E-state index >= 15 is 0 Å². The first-order chi connectivity index (χ1) is 11.0. The van der Waals surface area contributed by atoms with Gasteiger partial charge in [0.2, 0.25) is 5.43 Å². The maximum Gasteiger partial charge on any atom is 0.262 e. The van der Waals surface area contributed by atoms with Crippen molar-refractivity contribution < 1.29 is 14.6 Å². The third kappa shape index (κ3) is 4.67. The number of nitrogens with zero attached hydrogens (tertiary/aromatic N) is 1. The summed E-state index contributed by atoms with van der Waals surface area (Å²) in [5.74, 6) is -0.246. The third-order valence-corrected chi connectivity index (χ3v) is 3.68. The maximum atomic E-state index is 11.9. The Balaban J connectivity index is 2.04. The number of nitrogens with one attached hydrogen (secondary N) is 1. The largest absolute Gasteiger partial charge is 0.478 e. The zero-order chi connectivity index (χ0) is 16.8. The molecule has 0 aliphatic rings. The number of hydrogen-bond acceptors (Lipinski definition) is 4. The van der Waals surface area contributed by atoms with Gasteiger partial charge >= 0.3 is 0 Å². The van der Waals surface area contributed by atoms with Crippen LogP contribution >= 0.6 is 15.9 Å². The molecule has 1 amide bonds. The Morgan fingerprint density at radius 3 is 2.87 bits per heavy atom. The van der Waals surface area contributed by atoms with Gasteiger partial charge in [0.15, 0.2) is 12.4 Å². The molecule has 0 spiro atoms. The summed E-state index contributed by atoms with van der Waals surface area (Å²) in [5.41, 5.74) is 0.907. The van der Waals surface area contributed by atoms with Crippen LogP contribution in [0.25, 0.3) is 0 Å². The number of halogens is 1. The van der Waals surface area contributed by atoms with Crippen molar-refractivity contribution in [1.82, 2.24) is 4.57 Å². The number of aliphatic hydroxyl groups is 1. The smallest absolute Gasteiger partial charge is 0.262 e. The van der Waals surface area contributed by atoms with Crippen molar-refractivity contribution in [2.45, 2.75) is 13.5 Å². The Labute approximate surface area is 141 Å². The minimum absolute atomic E-state index is 0.0491. The molecule has 122 valence electrons. The number of anilines is 1. The standard InChI is InChI=1S/C16H17BrN2O4/c1-11-16(14(21)5-6-19(11)7-8-20)23-10-15(22)18-13-4-2-3-12(17)9-13/h2-6,9,20H,7-8,10H2,1H3,(H,18,22). The van der Waals surface area contributed by atoms with E-state index in [2.05, 4.69) is 21.2 Å². The van der Waals surface area contributed by atoms with Crippen molar-refractivity contribution >= 4 is 27.5 Å². The first-order valence-electron chi connectivity index (χ1n) is 7.00.